The van der Waals surface area contributed by atoms with Crippen molar-refractivity contribution < 1.29 is 31.5 Å². The third-order valence-corrected chi connectivity index (χ3v) is 14.0. The Morgan fingerprint density at radius 2 is 1.60 bits per heavy atom. The highest BCUT2D eigenvalue weighted by atomic mass is 32.2. The zero-order chi connectivity index (χ0) is 37.3. The molecule has 0 spiro atoms. The molecule has 10 nitrogen and oxygen atoms in total. The van der Waals surface area contributed by atoms with Gasteiger partial charge in [-0.15, -0.1) is 0 Å². The molecule has 13 heteroatoms. The number of ether oxygens (including phenoxy) is 1. The number of anilines is 1. The van der Waals surface area contributed by atoms with Crippen molar-refractivity contribution in [1.29, 1.82) is 0 Å². The van der Waals surface area contributed by atoms with E-state index >= 15 is 4.39 Å². The minimum atomic E-state index is -3.98. The number of piperidine rings is 1. The van der Waals surface area contributed by atoms with Crippen LogP contribution in [0.4, 0.5) is 19.3 Å². The lowest BCUT2D eigenvalue weighted by Crippen LogP contribution is -2.60. The van der Waals surface area contributed by atoms with E-state index in [1.54, 1.807) is 6.07 Å². The van der Waals surface area contributed by atoms with Gasteiger partial charge in [0.25, 0.3) is 0 Å². The molecule has 1 aliphatic carbocycles. The number of nitrogens with one attached hydrogen (secondary N) is 1. The number of sulfone groups is 1. The SMILES string of the molecule is COC(=O)N[C@H]1CCC[C@@H]1C(CN1CCC1)(c1cccc(F)c1)C1CCN(CC2CN(c3ccc(S(=O)(=O)c4ccc(C(N)=O)cc4)cc3F)C2)CC1. The zero-order valence-electron chi connectivity index (χ0n) is 30.2. The Kier molecular flexibility index (Phi) is 10.8. The quantitative estimate of drug-likeness (QED) is 0.259. The minimum absolute atomic E-state index is 0.0444. The molecule has 3 heterocycles. The molecule has 0 radical (unpaired) electrons. The number of carbonyl (C=O) groups excluding carboxylic acids is 2. The number of methoxy groups -OCH3 is 1. The molecule has 3 atom stereocenters. The van der Waals surface area contributed by atoms with Crippen LogP contribution in [0.5, 0.6) is 0 Å². The van der Waals surface area contributed by atoms with Gasteiger partial charge in [0.15, 0.2) is 0 Å². The smallest absolute Gasteiger partial charge is 0.407 e. The molecule has 3 saturated heterocycles. The van der Waals surface area contributed by atoms with E-state index in [4.69, 9.17) is 10.5 Å². The molecule has 0 bridgehead atoms. The predicted octanol–water partition coefficient (Wildman–Crippen LogP) is 5.21. The molecular formula is C40H49F2N5O5S. The Bertz CT molecular complexity index is 1910. The molecule has 0 aromatic heterocycles. The third-order valence-electron chi connectivity index (χ3n) is 12.3. The largest absolute Gasteiger partial charge is 0.453 e. The fourth-order valence-corrected chi connectivity index (χ4v) is 10.7. The molecule has 1 saturated carbocycles. The molecule has 7 rings (SSSR count). The number of alkyl carbamates (subject to hydrolysis) is 1. The van der Waals surface area contributed by atoms with Gasteiger partial charge in [0, 0.05) is 49.1 Å². The van der Waals surface area contributed by atoms with Crippen molar-refractivity contribution in [2.24, 2.45) is 23.5 Å². The first kappa shape index (κ1) is 37.3. The number of halogens is 2. The summed E-state index contributed by atoms with van der Waals surface area (Å²) in [7, 11) is -2.59. The summed E-state index contributed by atoms with van der Waals surface area (Å²) in [5.74, 6) is -0.695. The van der Waals surface area contributed by atoms with Gasteiger partial charge in [0.1, 0.15) is 11.6 Å². The van der Waals surface area contributed by atoms with Crippen LogP contribution in [0.3, 0.4) is 0 Å². The molecule has 1 unspecified atom stereocenters. The number of nitrogens with zero attached hydrogens (tertiary/aromatic N) is 3. The van der Waals surface area contributed by atoms with E-state index in [0.29, 0.717) is 30.6 Å². The summed E-state index contributed by atoms with van der Waals surface area (Å²) in [6, 6.07) is 16.4. The number of nitrogens with two attached hydrogens (primary N) is 1. The van der Waals surface area contributed by atoms with Gasteiger partial charge in [-0.1, -0.05) is 18.6 Å². The molecule has 284 valence electrons. The van der Waals surface area contributed by atoms with E-state index in [0.717, 1.165) is 89.4 Å². The number of primary amides is 1. The molecule has 53 heavy (non-hydrogen) atoms. The van der Waals surface area contributed by atoms with Gasteiger partial charge < -0.3 is 30.5 Å². The lowest BCUT2D eigenvalue weighted by Gasteiger charge is -2.54. The van der Waals surface area contributed by atoms with E-state index in [-0.39, 0.29) is 38.5 Å². The zero-order valence-corrected chi connectivity index (χ0v) is 31.0. The van der Waals surface area contributed by atoms with Crippen molar-refractivity contribution >= 4 is 27.5 Å². The summed E-state index contributed by atoms with van der Waals surface area (Å²) in [5.41, 5.74) is 6.53. The molecule has 3 N–H and O–H groups in total. The average molecular weight is 750 g/mol. The number of rotatable bonds is 12. The number of amides is 2. The van der Waals surface area contributed by atoms with Crippen molar-refractivity contribution in [1.82, 2.24) is 15.1 Å². The average Bonchev–Trinajstić information content (AvgIpc) is 3.58. The van der Waals surface area contributed by atoms with Gasteiger partial charge in [-0.25, -0.2) is 22.0 Å². The minimum Gasteiger partial charge on any atom is -0.453 e. The van der Waals surface area contributed by atoms with Crippen molar-refractivity contribution in [3.63, 3.8) is 0 Å². The molecule has 4 fully saturated rings. The first-order valence-electron chi connectivity index (χ1n) is 18.7. The van der Waals surface area contributed by atoms with Gasteiger partial charge in [0.2, 0.25) is 15.7 Å². The Morgan fingerprint density at radius 1 is 0.887 bits per heavy atom. The Morgan fingerprint density at radius 3 is 2.23 bits per heavy atom. The summed E-state index contributed by atoms with van der Waals surface area (Å²) < 4.78 is 61.7. The summed E-state index contributed by atoms with van der Waals surface area (Å²) in [4.78, 5) is 30.6. The Hall–Kier alpha value is -4.07. The number of hydrogen-bond acceptors (Lipinski definition) is 8. The van der Waals surface area contributed by atoms with E-state index < -0.39 is 27.7 Å². The fraction of sp³-hybridized carbons (Fsp3) is 0.500. The first-order valence-corrected chi connectivity index (χ1v) is 20.2. The lowest BCUT2D eigenvalue weighted by molar-refractivity contribution is 0.0223. The standard InChI is InChI=1S/C40H49F2N5O5S/c1-52-39(49)44-36-8-3-7-34(36)40(26-46-17-4-18-46,30-5-2-6-31(41)21-30)29-15-19-45(20-16-29)23-27-24-47(25-27)37-14-13-33(22-35(37)42)53(50,51)32-11-9-28(10-12-32)38(43)48/h2,5-6,9-14,21-22,27,29,34,36H,3-4,7-8,15-20,23-26H2,1H3,(H2,43,48)(H,44,49)/t34-,36-,40?/m0/s1. The maximum Gasteiger partial charge on any atom is 0.407 e. The monoisotopic (exact) mass is 749 g/mol. The van der Waals surface area contributed by atoms with Gasteiger partial charge >= 0.3 is 6.09 Å². The summed E-state index contributed by atoms with van der Waals surface area (Å²) in [5, 5.41) is 3.15. The van der Waals surface area contributed by atoms with Crippen molar-refractivity contribution in [3.8, 4) is 0 Å². The van der Waals surface area contributed by atoms with Gasteiger partial charge in [-0.3, -0.25) is 4.79 Å². The highest BCUT2D eigenvalue weighted by molar-refractivity contribution is 7.91. The first-order chi connectivity index (χ1) is 25.5. The van der Waals surface area contributed by atoms with Crippen molar-refractivity contribution in [2.75, 3.05) is 64.4 Å². The van der Waals surface area contributed by atoms with Crippen LogP contribution in [0.15, 0.2) is 76.5 Å². The molecule has 2 amide bonds. The van der Waals surface area contributed by atoms with Gasteiger partial charge in [-0.2, -0.15) is 0 Å². The van der Waals surface area contributed by atoms with Gasteiger partial charge in [0.05, 0.1) is 22.6 Å². The maximum absolute atomic E-state index is 15.4. The summed E-state index contributed by atoms with van der Waals surface area (Å²) in [6.07, 6.45) is 5.49. The second-order valence-electron chi connectivity index (χ2n) is 15.3. The lowest BCUT2D eigenvalue weighted by atomic mass is 9.57. The second-order valence-corrected chi connectivity index (χ2v) is 17.3. The molecule has 4 aliphatic rings. The highest BCUT2D eigenvalue weighted by Gasteiger charge is 2.53. The van der Waals surface area contributed by atoms with E-state index in [2.05, 4.69) is 21.2 Å². The molecule has 3 aromatic rings. The topological polar surface area (TPSA) is 125 Å². The van der Waals surface area contributed by atoms with E-state index in [1.165, 1.54) is 49.6 Å². The van der Waals surface area contributed by atoms with Crippen LogP contribution in [0, 0.1) is 29.4 Å². The van der Waals surface area contributed by atoms with Crippen molar-refractivity contribution in [3.05, 3.63) is 89.5 Å². The molecular weight excluding hydrogens is 701 g/mol. The molecule has 3 aliphatic heterocycles. The summed E-state index contributed by atoms with van der Waals surface area (Å²) >= 11 is 0. The number of hydrogen-bond donors (Lipinski definition) is 2. The number of carbonyl (C=O) groups is 2. The number of likely N-dealkylation sites (tertiary alicyclic amines) is 2. The van der Waals surface area contributed by atoms with Crippen LogP contribution in [-0.4, -0.2) is 95.7 Å². The van der Waals surface area contributed by atoms with Crippen molar-refractivity contribution in [2.45, 2.75) is 59.8 Å². The van der Waals surface area contributed by atoms with E-state index in [9.17, 15) is 22.4 Å². The maximum atomic E-state index is 15.4. The second kappa shape index (κ2) is 15.3. The van der Waals surface area contributed by atoms with Crippen LogP contribution in [0.2, 0.25) is 0 Å². The fourth-order valence-electron chi connectivity index (χ4n) is 9.46. The van der Waals surface area contributed by atoms with E-state index in [1.807, 2.05) is 11.0 Å². The van der Waals surface area contributed by atoms with Gasteiger partial charge in [-0.05, 0) is 130 Å². The molecule has 3 aromatic carbocycles. The van der Waals surface area contributed by atoms with Crippen LogP contribution < -0.4 is 16.0 Å². The van der Waals surface area contributed by atoms with Crippen LogP contribution in [0.1, 0.15) is 54.4 Å². The predicted molar refractivity (Wildman–Crippen MR) is 197 cm³/mol. The Balaban J connectivity index is 1.01. The normalized spacial score (nSPS) is 22.8. The highest BCUT2D eigenvalue weighted by Crippen LogP contribution is 2.51. The number of benzene rings is 3. The summed E-state index contributed by atoms with van der Waals surface area (Å²) in [6.45, 7) is 6.93. The van der Waals surface area contributed by atoms with Crippen LogP contribution >= 0.6 is 0 Å². The van der Waals surface area contributed by atoms with Crippen LogP contribution in [-0.2, 0) is 20.0 Å². The third kappa shape index (κ3) is 7.52. The van der Waals surface area contributed by atoms with Crippen LogP contribution in [0.25, 0.3) is 0 Å². The Labute approximate surface area is 310 Å².